The molecule has 0 unspecified atom stereocenters. The van der Waals surface area contributed by atoms with Crippen LogP contribution >= 0.6 is 45.2 Å². The SMILES string of the molecule is CC(C)(C)c1cc2c(cc1C(C)(C)C)[CH]([Zr+2]([C]1=CC=CC1)=[C](c1ccc(I)cc1)c1ccc(I)cc1)c1cc(C(C)(C)C)c(C(C)(C)C)cc1-2.[Cl-].[Cl-]. The van der Waals surface area contributed by atoms with Crippen LogP contribution in [0.5, 0.6) is 0 Å². The van der Waals surface area contributed by atoms with E-state index in [4.69, 9.17) is 0 Å². The average molecular weight is 1030 g/mol. The van der Waals surface area contributed by atoms with E-state index in [1.165, 1.54) is 51.6 Å². The van der Waals surface area contributed by atoms with E-state index in [0.717, 1.165) is 6.42 Å². The van der Waals surface area contributed by atoms with E-state index in [1.54, 1.807) is 17.6 Å². The van der Waals surface area contributed by atoms with E-state index in [-0.39, 0.29) is 46.5 Å². The summed E-state index contributed by atoms with van der Waals surface area (Å²) in [6, 6.07) is 29.5. The number of allylic oxidation sites excluding steroid dienone is 4. The Labute approximate surface area is 362 Å². The summed E-state index contributed by atoms with van der Waals surface area (Å²) in [4.78, 5) is 0. The first-order valence-corrected chi connectivity index (χ1v) is 24.2. The summed E-state index contributed by atoms with van der Waals surface area (Å²) in [5.74, 6) is 0. The fraction of sp³-hybridized carbons (Fsp3) is 0.383. The zero-order valence-corrected chi connectivity index (χ0v) is 41.2. The van der Waals surface area contributed by atoms with Crippen molar-refractivity contribution < 1.29 is 46.1 Å². The topological polar surface area (TPSA) is 0 Å². The Kier molecular flexibility index (Phi) is 13.5. The van der Waals surface area contributed by atoms with Crippen LogP contribution in [0.3, 0.4) is 0 Å². The third-order valence-electron chi connectivity index (χ3n) is 10.5. The second kappa shape index (κ2) is 16.0. The normalized spacial score (nSPS) is 14.1. The number of benzene rings is 4. The van der Waals surface area contributed by atoms with E-state index in [9.17, 15) is 0 Å². The van der Waals surface area contributed by atoms with Gasteiger partial charge in [0.2, 0.25) is 0 Å². The second-order valence-corrected chi connectivity index (χ2v) is 27.3. The van der Waals surface area contributed by atoms with Gasteiger partial charge in [-0.1, -0.05) is 0 Å². The minimum Gasteiger partial charge on any atom is -1.00 e. The van der Waals surface area contributed by atoms with Gasteiger partial charge in [0.1, 0.15) is 0 Å². The van der Waals surface area contributed by atoms with Crippen molar-refractivity contribution in [2.45, 2.75) is 115 Å². The minimum atomic E-state index is -2.85. The Balaban J connectivity index is 0.00000302. The summed E-state index contributed by atoms with van der Waals surface area (Å²) in [7, 11) is 0. The van der Waals surface area contributed by atoms with Crippen molar-refractivity contribution in [2.75, 3.05) is 0 Å². The minimum absolute atomic E-state index is 0. The second-order valence-electron chi connectivity index (χ2n) is 18.5. The standard InChI is InChI=1S/C29H41.C13H8I2.C5H5.2ClH.Zr/c1-26(2,3)22-14-18-13-19-15-23(27(4,5)6)25(29(10,11)12)17-21(19)20(18)16-24(22)28(7,8)9;14-12-5-1-10(2-6-12)9-11-3-7-13(15)8-4-11;1-2-4-5-3-1;;;/h13-17H,1-12H3;1-8H;1-3H,4H2;2*1H;/q;;;;;+2/p-2. The fourth-order valence-corrected chi connectivity index (χ4v) is 17.7. The van der Waals surface area contributed by atoms with Gasteiger partial charge in [0.05, 0.1) is 0 Å². The van der Waals surface area contributed by atoms with Crippen LogP contribution in [0, 0.1) is 7.14 Å². The zero-order valence-electron chi connectivity index (χ0n) is 33.0. The van der Waals surface area contributed by atoms with Gasteiger partial charge < -0.3 is 24.8 Å². The van der Waals surface area contributed by atoms with E-state index in [2.05, 4.69) is 219 Å². The van der Waals surface area contributed by atoms with E-state index in [0.29, 0.717) is 3.63 Å². The summed E-state index contributed by atoms with van der Waals surface area (Å²) in [5, 5.41) is 0. The van der Waals surface area contributed by atoms with Crippen LogP contribution in [-0.4, -0.2) is 3.21 Å². The molecule has 0 atom stereocenters. The molecule has 5 heteroatoms. The molecule has 2 aliphatic rings. The molecule has 0 saturated heterocycles. The predicted molar refractivity (Wildman–Crippen MR) is 232 cm³/mol. The Hall–Kier alpha value is -0.847. The molecule has 2 aliphatic carbocycles. The van der Waals surface area contributed by atoms with E-state index >= 15 is 0 Å². The first-order chi connectivity index (χ1) is 23.2. The molecule has 6 rings (SSSR count). The molecular weight excluding hydrogens is 980 g/mol. The van der Waals surface area contributed by atoms with Crippen molar-refractivity contribution in [1.82, 2.24) is 0 Å². The molecule has 0 heterocycles. The van der Waals surface area contributed by atoms with Gasteiger partial charge in [-0.3, -0.25) is 0 Å². The van der Waals surface area contributed by atoms with Gasteiger partial charge in [0.25, 0.3) is 0 Å². The van der Waals surface area contributed by atoms with Crippen LogP contribution in [0.1, 0.15) is 138 Å². The monoisotopic (exact) mass is 1030 g/mol. The smallest absolute Gasteiger partial charge is 1.00 e. The molecular formula is C47H54Cl2I2Zr. The van der Waals surface area contributed by atoms with Crippen LogP contribution in [0.4, 0.5) is 0 Å². The number of halogens is 4. The largest absolute Gasteiger partial charge is 1.00 e. The van der Waals surface area contributed by atoms with Crippen LogP contribution in [-0.2, 0) is 42.9 Å². The van der Waals surface area contributed by atoms with Crippen molar-refractivity contribution in [3.63, 3.8) is 0 Å². The Morgan fingerprint density at radius 2 is 0.885 bits per heavy atom. The quantitative estimate of drug-likeness (QED) is 0.183. The molecule has 0 fully saturated rings. The van der Waals surface area contributed by atoms with Gasteiger partial charge in [-0.15, -0.1) is 0 Å². The van der Waals surface area contributed by atoms with Gasteiger partial charge in [-0.25, -0.2) is 0 Å². The van der Waals surface area contributed by atoms with Gasteiger partial charge in [0.15, 0.2) is 0 Å². The number of rotatable bonds is 4. The van der Waals surface area contributed by atoms with Gasteiger partial charge in [-0.05, 0) is 0 Å². The van der Waals surface area contributed by atoms with E-state index in [1.807, 2.05) is 0 Å². The fourth-order valence-electron chi connectivity index (χ4n) is 7.99. The number of fused-ring (bicyclic) bond motifs is 3. The Morgan fingerprint density at radius 1 is 0.538 bits per heavy atom. The van der Waals surface area contributed by atoms with Crippen LogP contribution in [0.15, 0.2) is 94.3 Å². The first kappa shape index (κ1) is 43.9. The van der Waals surface area contributed by atoms with Crippen molar-refractivity contribution in [3.8, 4) is 11.1 Å². The van der Waals surface area contributed by atoms with Gasteiger partial charge >= 0.3 is 342 Å². The molecule has 0 N–H and O–H groups in total. The molecule has 0 bridgehead atoms. The summed E-state index contributed by atoms with van der Waals surface area (Å²) < 4.78 is 6.25. The molecule has 274 valence electrons. The molecule has 0 spiro atoms. The van der Waals surface area contributed by atoms with Crippen LogP contribution in [0.25, 0.3) is 11.1 Å². The third kappa shape index (κ3) is 8.75. The summed E-state index contributed by atoms with van der Waals surface area (Å²) >= 11 is 2.07. The molecule has 4 aromatic rings. The maximum atomic E-state index is 2.69. The summed E-state index contributed by atoms with van der Waals surface area (Å²) in [5.41, 5.74) is 15.0. The zero-order chi connectivity index (χ0) is 36.6. The van der Waals surface area contributed by atoms with Gasteiger partial charge in [-0.2, -0.15) is 0 Å². The van der Waals surface area contributed by atoms with Crippen molar-refractivity contribution in [2.24, 2.45) is 0 Å². The molecule has 0 nitrogen and oxygen atoms in total. The number of hydrogen-bond acceptors (Lipinski definition) is 0. The van der Waals surface area contributed by atoms with E-state index < -0.39 is 21.3 Å². The van der Waals surface area contributed by atoms with Crippen molar-refractivity contribution in [3.05, 3.63) is 146 Å². The molecule has 0 radical (unpaired) electrons. The summed E-state index contributed by atoms with van der Waals surface area (Å²) in [6.45, 7) is 28.9. The molecule has 0 aliphatic heterocycles. The predicted octanol–water partition coefficient (Wildman–Crippen LogP) is 7.89. The molecule has 52 heavy (non-hydrogen) atoms. The van der Waals surface area contributed by atoms with Crippen molar-refractivity contribution >= 4 is 48.4 Å². The average Bonchev–Trinajstić information content (AvgIpc) is 3.65. The van der Waals surface area contributed by atoms with Gasteiger partial charge in [0, 0.05) is 0 Å². The maximum absolute atomic E-state index is 2.85. The molecule has 0 saturated carbocycles. The Bertz CT molecular complexity index is 1930. The molecule has 4 aromatic carbocycles. The Morgan fingerprint density at radius 3 is 1.19 bits per heavy atom. The maximum Gasteiger partial charge on any atom is -1.00 e. The first-order valence-electron chi connectivity index (χ1n) is 18.2. The third-order valence-corrected chi connectivity index (χ3v) is 20.2. The summed E-state index contributed by atoms with van der Waals surface area (Å²) in [6.07, 6.45) is 8.30. The molecule has 0 aromatic heterocycles. The van der Waals surface area contributed by atoms with Crippen LogP contribution < -0.4 is 24.8 Å². The number of hydrogen-bond donors (Lipinski definition) is 0. The van der Waals surface area contributed by atoms with Crippen LogP contribution in [0.2, 0.25) is 0 Å². The molecule has 0 amide bonds. The van der Waals surface area contributed by atoms with Crippen molar-refractivity contribution in [1.29, 1.82) is 0 Å².